The van der Waals surface area contributed by atoms with Gasteiger partial charge in [0.1, 0.15) is 10.6 Å². The molecular weight excluding hydrogens is 400 g/mol. The maximum absolute atomic E-state index is 12.9. The topological polar surface area (TPSA) is 105 Å². The lowest BCUT2D eigenvalue weighted by molar-refractivity contribution is -0.126. The molecule has 0 saturated carbocycles. The Bertz CT molecular complexity index is 921. The van der Waals surface area contributed by atoms with Crippen LogP contribution in [0.4, 0.5) is 0 Å². The minimum absolute atomic E-state index is 0.0477. The van der Waals surface area contributed by atoms with Crippen LogP contribution in [0, 0.1) is 19.8 Å². The quantitative estimate of drug-likeness (QED) is 0.761. The minimum Gasteiger partial charge on any atom is -0.360 e. The molecule has 0 unspecified atom stereocenters. The predicted octanol–water partition coefficient (Wildman–Crippen LogP) is 2.59. The van der Waals surface area contributed by atoms with E-state index in [1.54, 1.807) is 25.2 Å². The third kappa shape index (κ3) is 4.28. The fraction of sp³-hybridized carbons (Fsp3) is 0.611. The van der Waals surface area contributed by atoms with E-state index in [1.165, 1.54) is 4.31 Å². The molecule has 154 valence electrons. The van der Waals surface area contributed by atoms with Gasteiger partial charge in [-0.1, -0.05) is 19.0 Å². The number of piperidine rings is 1. The summed E-state index contributed by atoms with van der Waals surface area (Å²) in [6.45, 7) is 8.40. The van der Waals surface area contributed by atoms with E-state index in [1.807, 2.05) is 5.38 Å². The molecule has 8 nitrogen and oxygen atoms in total. The van der Waals surface area contributed by atoms with E-state index in [2.05, 4.69) is 29.3 Å². The number of carbonyl (C=O) groups is 1. The van der Waals surface area contributed by atoms with Crippen molar-refractivity contribution in [3.8, 4) is 0 Å². The van der Waals surface area contributed by atoms with Gasteiger partial charge in [-0.05, 0) is 26.7 Å². The fourth-order valence-electron chi connectivity index (χ4n) is 3.32. The summed E-state index contributed by atoms with van der Waals surface area (Å²) in [4.78, 5) is 17.1. The van der Waals surface area contributed by atoms with Gasteiger partial charge in [0, 0.05) is 30.3 Å². The number of rotatable bonds is 6. The van der Waals surface area contributed by atoms with Gasteiger partial charge in [0.2, 0.25) is 15.9 Å². The zero-order valence-corrected chi connectivity index (χ0v) is 18.2. The second kappa shape index (κ2) is 8.30. The number of hydrogen-bond acceptors (Lipinski definition) is 7. The molecule has 28 heavy (non-hydrogen) atoms. The van der Waals surface area contributed by atoms with Crippen LogP contribution < -0.4 is 5.32 Å². The Morgan fingerprint density at radius 1 is 1.36 bits per heavy atom. The van der Waals surface area contributed by atoms with Crippen molar-refractivity contribution in [3.63, 3.8) is 0 Å². The van der Waals surface area contributed by atoms with Crippen LogP contribution in [-0.2, 0) is 21.4 Å². The zero-order chi connectivity index (χ0) is 20.5. The molecular formula is C18H26N4O4S2. The molecule has 0 atom stereocenters. The third-order valence-corrected chi connectivity index (χ3v) is 8.24. The molecule has 1 aliphatic rings. The van der Waals surface area contributed by atoms with Gasteiger partial charge in [-0.25, -0.2) is 13.4 Å². The van der Waals surface area contributed by atoms with Gasteiger partial charge in [0.15, 0.2) is 5.76 Å². The number of thiazole rings is 1. The highest BCUT2D eigenvalue weighted by atomic mass is 32.2. The maximum atomic E-state index is 12.9. The maximum Gasteiger partial charge on any atom is 0.248 e. The highest BCUT2D eigenvalue weighted by Crippen LogP contribution is 2.27. The molecule has 0 radical (unpaired) electrons. The molecule has 1 fully saturated rings. The molecule has 1 saturated heterocycles. The Hall–Kier alpha value is -1.78. The highest BCUT2D eigenvalue weighted by molar-refractivity contribution is 7.89. The van der Waals surface area contributed by atoms with Crippen molar-refractivity contribution in [3.05, 3.63) is 27.5 Å². The molecule has 1 aliphatic heterocycles. The SMILES string of the molecule is Cc1noc(C)c1S(=O)(=O)N1CCC(C(=O)NCc2csc(C(C)C)n2)CC1. The lowest BCUT2D eigenvalue weighted by atomic mass is 9.97. The van der Waals surface area contributed by atoms with Gasteiger partial charge in [0.05, 0.1) is 17.2 Å². The predicted molar refractivity (Wildman–Crippen MR) is 106 cm³/mol. The Kier molecular flexibility index (Phi) is 6.21. The summed E-state index contributed by atoms with van der Waals surface area (Å²) in [5.74, 6) is 0.424. The number of carbonyl (C=O) groups excluding carboxylic acids is 1. The fourth-order valence-corrected chi connectivity index (χ4v) is 5.92. The average molecular weight is 427 g/mol. The van der Waals surface area contributed by atoms with Crippen molar-refractivity contribution in [1.29, 1.82) is 0 Å². The summed E-state index contributed by atoms with van der Waals surface area (Å²) in [6.07, 6.45) is 0.978. The van der Waals surface area contributed by atoms with Crippen LogP contribution in [0.15, 0.2) is 14.8 Å². The van der Waals surface area contributed by atoms with Gasteiger partial charge in [-0.2, -0.15) is 4.31 Å². The van der Waals surface area contributed by atoms with Crippen LogP contribution in [0.2, 0.25) is 0 Å². The molecule has 0 aromatic carbocycles. The van der Waals surface area contributed by atoms with E-state index in [-0.39, 0.29) is 16.7 Å². The number of aromatic nitrogens is 2. The Labute approximate surface area is 169 Å². The van der Waals surface area contributed by atoms with Crippen LogP contribution in [0.5, 0.6) is 0 Å². The second-order valence-electron chi connectivity index (χ2n) is 7.38. The van der Waals surface area contributed by atoms with Gasteiger partial charge >= 0.3 is 0 Å². The summed E-state index contributed by atoms with van der Waals surface area (Å²) in [7, 11) is -3.65. The molecule has 1 amide bonds. The lowest BCUT2D eigenvalue weighted by Gasteiger charge is -2.30. The van der Waals surface area contributed by atoms with Crippen LogP contribution in [0.25, 0.3) is 0 Å². The van der Waals surface area contributed by atoms with E-state index >= 15 is 0 Å². The van der Waals surface area contributed by atoms with Gasteiger partial charge < -0.3 is 9.84 Å². The van der Waals surface area contributed by atoms with Gasteiger partial charge in [0.25, 0.3) is 0 Å². The number of aryl methyl sites for hydroxylation is 2. The number of sulfonamides is 1. The second-order valence-corrected chi connectivity index (χ2v) is 10.1. The molecule has 10 heteroatoms. The first kappa shape index (κ1) is 20.9. The van der Waals surface area contributed by atoms with Crippen molar-refractivity contribution in [2.24, 2.45) is 5.92 Å². The molecule has 3 heterocycles. The van der Waals surface area contributed by atoms with E-state index < -0.39 is 10.0 Å². The summed E-state index contributed by atoms with van der Waals surface area (Å²) in [5, 5.41) is 9.69. The number of hydrogen-bond donors (Lipinski definition) is 1. The Balaban J connectivity index is 1.55. The monoisotopic (exact) mass is 426 g/mol. The largest absolute Gasteiger partial charge is 0.360 e. The molecule has 2 aromatic rings. The van der Waals surface area contributed by atoms with E-state index in [0.29, 0.717) is 49.8 Å². The first-order chi connectivity index (χ1) is 13.2. The van der Waals surface area contributed by atoms with Gasteiger partial charge in [-0.3, -0.25) is 4.79 Å². The zero-order valence-electron chi connectivity index (χ0n) is 16.6. The third-order valence-electron chi connectivity index (χ3n) is 4.90. The van der Waals surface area contributed by atoms with E-state index in [9.17, 15) is 13.2 Å². The summed E-state index contributed by atoms with van der Waals surface area (Å²) in [5.41, 5.74) is 1.22. The Morgan fingerprint density at radius 2 is 2.04 bits per heavy atom. The van der Waals surface area contributed by atoms with Crippen LogP contribution in [-0.4, -0.2) is 41.9 Å². The molecule has 3 rings (SSSR count). The van der Waals surface area contributed by atoms with Crippen molar-refractivity contribution in [2.75, 3.05) is 13.1 Å². The van der Waals surface area contributed by atoms with Crippen LogP contribution >= 0.6 is 11.3 Å². The summed E-state index contributed by atoms with van der Waals surface area (Å²) < 4.78 is 32.1. The lowest BCUT2D eigenvalue weighted by Crippen LogP contribution is -2.43. The van der Waals surface area contributed by atoms with Crippen molar-refractivity contribution in [2.45, 2.75) is 57.9 Å². The highest BCUT2D eigenvalue weighted by Gasteiger charge is 2.35. The molecule has 0 aliphatic carbocycles. The van der Waals surface area contributed by atoms with Crippen LogP contribution in [0.3, 0.4) is 0 Å². The number of amides is 1. The van der Waals surface area contributed by atoms with E-state index in [0.717, 1.165) is 10.7 Å². The smallest absolute Gasteiger partial charge is 0.248 e. The number of nitrogens with zero attached hydrogens (tertiary/aromatic N) is 3. The first-order valence-corrected chi connectivity index (χ1v) is 11.7. The van der Waals surface area contributed by atoms with Crippen molar-refractivity contribution in [1.82, 2.24) is 19.8 Å². The normalized spacial score (nSPS) is 16.6. The molecule has 2 aromatic heterocycles. The van der Waals surface area contributed by atoms with E-state index in [4.69, 9.17) is 4.52 Å². The Morgan fingerprint density at radius 3 is 2.57 bits per heavy atom. The summed E-state index contributed by atoms with van der Waals surface area (Å²) >= 11 is 1.60. The average Bonchev–Trinajstić information content (AvgIpc) is 3.26. The molecule has 0 bridgehead atoms. The summed E-state index contributed by atoms with van der Waals surface area (Å²) in [6, 6.07) is 0. The van der Waals surface area contributed by atoms with Crippen molar-refractivity contribution >= 4 is 27.3 Å². The van der Waals surface area contributed by atoms with Gasteiger partial charge in [-0.15, -0.1) is 11.3 Å². The standard InChI is InChI=1S/C18H26N4O4S2/c1-11(2)18-20-15(10-27-18)9-19-17(23)14-5-7-22(8-6-14)28(24,25)16-12(3)21-26-13(16)4/h10-11,14H,5-9H2,1-4H3,(H,19,23). The first-order valence-electron chi connectivity index (χ1n) is 9.35. The molecule has 1 N–H and O–H groups in total. The van der Waals surface area contributed by atoms with Crippen LogP contribution in [0.1, 0.15) is 54.8 Å². The minimum atomic E-state index is -3.65. The number of nitrogens with one attached hydrogen (secondary N) is 1. The van der Waals surface area contributed by atoms with Crippen molar-refractivity contribution < 1.29 is 17.7 Å². The molecule has 0 spiro atoms.